The van der Waals surface area contributed by atoms with Gasteiger partial charge in [-0.3, -0.25) is 14.4 Å². The minimum Gasteiger partial charge on any atom is -0.391 e. The van der Waals surface area contributed by atoms with E-state index in [1.807, 2.05) is 27.0 Å². The van der Waals surface area contributed by atoms with E-state index in [-0.39, 0.29) is 36.6 Å². The van der Waals surface area contributed by atoms with E-state index in [1.54, 1.807) is 16.6 Å². The van der Waals surface area contributed by atoms with Crippen LogP contribution >= 0.6 is 0 Å². The standard InChI is InChI=1S/C23H36N6O4/c1-23(2,3)20(29-13-17(25-26-29)15-5-6-15)22(33)28-12-16(30)10-18(28)21(32)24-8-7-14-9-19(31)27(4)11-14/h13-16,18,20,30H,5-12H2,1-4H3,(H,24,32)/t14?,16?,18?,20-/m1/s1. The molecular weight excluding hydrogens is 424 g/mol. The number of carbonyl (C=O) groups excluding carboxylic acids is 3. The predicted octanol–water partition coefficient (Wildman–Crippen LogP) is 0.689. The van der Waals surface area contributed by atoms with Gasteiger partial charge in [-0.25, -0.2) is 4.68 Å². The van der Waals surface area contributed by atoms with Crippen molar-refractivity contribution >= 4 is 17.7 Å². The number of carbonyl (C=O) groups is 3. The average Bonchev–Trinajstić information content (AvgIpc) is 3.19. The Labute approximate surface area is 194 Å². The lowest BCUT2D eigenvalue weighted by atomic mass is 9.85. The third kappa shape index (κ3) is 5.20. The molecule has 4 atom stereocenters. The van der Waals surface area contributed by atoms with E-state index >= 15 is 0 Å². The summed E-state index contributed by atoms with van der Waals surface area (Å²) >= 11 is 0. The Morgan fingerprint density at radius 3 is 2.61 bits per heavy atom. The fourth-order valence-electron chi connectivity index (χ4n) is 4.99. The van der Waals surface area contributed by atoms with Crippen LogP contribution in [-0.2, 0) is 14.4 Å². The highest BCUT2D eigenvalue weighted by Gasteiger charge is 2.45. The van der Waals surface area contributed by atoms with Crippen molar-refractivity contribution < 1.29 is 19.5 Å². The van der Waals surface area contributed by atoms with Gasteiger partial charge in [-0.05, 0) is 30.6 Å². The second-order valence-corrected chi connectivity index (χ2v) is 11.0. The molecule has 33 heavy (non-hydrogen) atoms. The first-order valence-corrected chi connectivity index (χ1v) is 12.0. The van der Waals surface area contributed by atoms with Gasteiger partial charge in [0.05, 0.1) is 11.8 Å². The van der Waals surface area contributed by atoms with Crippen LogP contribution in [0.15, 0.2) is 6.20 Å². The van der Waals surface area contributed by atoms with Gasteiger partial charge in [-0.1, -0.05) is 26.0 Å². The summed E-state index contributed by atoms with van der Waals surface area (Å²) in [7, 11) is 1.79. The number of β-amino-alcohol motifs (C(OH)–C–C–N with tert-alkyl or cyclic N) is 1. The molecule has 182 valence electrons. The number of nitrogens with one attached hydrogen (secondary N) is 1. The molecule has 2 saturated heterocycles. The molecule has 0 aromatic carbocycles. The van der Waals surface area contributed by atoms with E-state index in [1.165, 1.54) is 4.90 Å². The highest BCUT2D eigenvalue weighted by Crippen LogP contribution is 2.40. The summed E-state index contributed by atoms with van der Waals surface area (Å²) in [6.45, 7) is 7.17. The lowest BCUT2D eigenvalue weighted by Crippen LogP contribution is -2.50. The average molecular weight is 461 g/mol. The molecule has 1 aromatic heterocycles. The van der Waals surface area contributed by atoms with Crippen LogP contribution in [0.3, 0.4) is 0 Å². The molecule has 3 heterocycles. The zero-order valence-corrected chi connectivity index (χ0v) is 20.0. The summed E-state index contributed by atoms with van der Waals surface area (Å²) in [6.07, 6.45) is 4.73. The Morgan fingerprint density at radius 2 is 2.00 bits per heavy atom. The second kappa shape index (κ2) is 9.04. The van der Waals surface area contributed by atoms with E-state index < -0.39 is 23.6 Å². The monoisotopic (exact) mass is 460 g/mol. The second-order valence-electron chi connectivity index (χ2n) is 11.0. The summed E-state index contributed by atoms with van der Waals surface area (Å²) in [5.41, 5.74) is 0.449. The van der Waals surface area contributed by atoms with E-state index in [2.05, 4.69) is 15.6 Å². The molecule has 3 amide bonds. The van der Waals surface area contributed by atoms with Crippen molar-refractivity contribution in [2.24, 2.45) is 11.3 Å². The number of aromatic nitrogens is 3. The number of hydrogen-bond donors (Lipinski definition) is 2. The van der Waals surface area contributed by atoms with Gasteiger partial charge in [0.15, 0.2) is 0 Å². The zero-order chi connectivity index (χ0) is 23.9. The molecule has 3 fully saturated rings. The highest BCUT2D eigenvalue weighted by atomic mass is 16.3. The van der Waals surface area contributed by atoms with Crippen LogP contribution in [0.5, 0.6) is 0 Å². The van der Waals surface area contributed by atoms with Gasteiger partial charge in [-0.15, -0.1) is 5.10 Å². The number of rotatable bonds is 7. The first-order valence-electron chi connectivity index (χ1n) is 12.0. The summed E-state index contributed by atoms with van der Waals surface area (Å²) in [5.74, 6) is 0.301. The van der Waals surface area contributed by atoms with Crippen LogP contribution in [0, 0.1) is 11.3 Å². The smallest absolute Gasteiger partial charge is 0.248 e. The van der Waals surface area contributed by atoms with Crippen molar-refractivity contribution in [3.05, 3.63) is 11.9 Å². The quantitative estimate of drug-likeness (QED) is 0.618. The van der Waals surface area contributed by atoms with Crippen molar-refractivity contribution in [1.29, 1.82) is 0 Å². The third-order valence-corrected chi connectivity index (χ3v) is 6.98. The largest absolute Gasteiger partial charge is 0.391 e. The summed E-state index contributed by atoms with van der Waals surface area (Å²) < 4.78 is 1.63. The topological polar surface area (TPSA) is 121 Å². The molecule has 2 N–H and O–H groups in total. The minimum absolute atomic E-state index is 0.121. The molecule has 0 radical (unpaired) electrons. The molecule has 1 saturated carbocycles. The van der Waals surface area contributed by atoms with Gasteiger partial charge >= 0.3 is 0 Å². The van der Waals surface area contributed by atoms with Crippen LogP contribution in [0.4, 0.5) is 0 Å². The molecule has 4 rings (SSSR count). The van der Waals surface area contributed by atoms with E-state index in [9.17, 15) is 19.5 Å². The molecule has 0 spiro atoms. The Morgan fingerprint density at radius 1 is 1.27 bits per heavy atom. The molecule has 3 unspecified atom stereocenters. The van der Waals surface area contributed by atoms with E-state index in [4.69, 9.17) is 0 Å². The zero-order valence-electron chi connectivity index (χ0n) is 20.0. The fourth-order valence-corrected chi connectivity index (χ4v) is 4.99. The van der Waals surface area contributed by atoms with Crippen molar-refractivity contribution in [1.82, 2.24) is 30.1 Å². The Balaban J connectivity index is 1.42. The van der Waals surface area contributed by atoms with Crippen molar-refractivity contribution in [2.45, 2.75) is 77.0 Å². The van der Waals surface area contributed by atoms with Gasteiger partial charge in [-0.2, -0.15) is 0 Å². The molecule has 0 bridgehead atoms. The maximum absolute atomic E-state index is 13.7. The van der Waals surface area contributed by atoms with Crippen molar-refractivity contribution in [3.63, 3.8) is 0 Å². The van der Waals surface area contributed by atoms with E-state index in [0.717, 1.165) is 18.5 Å². The SMILES string of the molecule is CN1CC(CCNC(=O)C2CC(O)CN2C(=O)[C@@H](n2cc(C3CC3)nn2)C(C)(C)C)CC1=O. The summed E-state index contributed by atoms with van der Waals surface area (Å²) in [6, 6.07) is -1.35. The maximum Gasteiger partial charge on any atom is 0.248 e. The number of hydrogen-bond acceptors (Lipinski definition) is 6. The van der Waals surface area contributed by atoms with Crippen LogP contribution in [0.25, 0.3) is 0 Å². The van der Waals surface area contributed by atoms with Gasteiger partial charge < -0.3 is 20.2 Å². The summed E-state index contributed by atoms with van der Waals surface area (Å²) in [4.78, 5) is 41.6. The molecular formula is C23H36N6O4. The summed E-state index contributed by atoms with van der Waals surface area (Å²) in [5, 5.41) is 21.8. The van der Waals surface area contributed by atoms with Gasteiger partial charge in [0.2, 0.25) is 17.7 Å². The predicted molar refractivity (Wildman–Crippen MR) is 120 cm³/mol. The highest BCUT2D eigenvalue weighted by molar-refractivity contribution is 5.90. The van der Waals surface area contributed by atoms with Gasteiger partial charge in [0, 0.05) is 51.6 Å². The maximum atomic E-state index is 13.7. The normalized spacial score (nSPS) is 26.7. The Kier molecular flexibility index (Phi) is 6.48. The van der Waals surface area contributed by atoms with Crippen LogP contribution in [0.1, 0.15) is 70.5 Å². The first kappa shape index (κ1) is 23.7. The molecule has 10 nitrogen and oxygen atoms in total. The van der Waals surface area contributed by atoms with Crippen LogP contribution in [-0.4, -0.2) is 86.4 Å². The molecule has 10 heteroatoms. The van der Waals surface area contributed by atoms with Crippen molar-refractivity contribution in [3.8, 4) is 0 Å². The van der Waals surface area contributed by atoms with Gasteiger partial charge in [0.1, 0.15) is 12.1 Å². The molecule has 3 aliphatic rings. The first-order chi connectivity index (χ1) is 15.5. The van der Waals surface area contributed by atoms with Crippen LogP contribution in [0.2, 0.25) is 0 Å². The number of likely N-dealkylation sites (tertiary alicyclic amines) is 2. The molecule has 1 aliphatic carbocycles. The van der Waals surface area contributed by atoms with Gasteiger partial charge in [0.25, 0.3) is 0 Å². The lowest BCUT2D eigenvalue weighted by molar-refractivity contribution is -0.144. The molecule has 2 aliphatic heterocycles. The number of aliphatic hydroxyl groups excluding tert-OH is 1. The Hall–Kier alpha value is -2.49. The number of nitrogens with zero attached hydrogens (tertiary/aromatic N) is 5. The lowest BCUT2D eigenvalue weighted by Gasteiger charge is -2.34. The van der Waals surface area contributed by atoms with Crippen molar-refractivity contribution in [2.75, 3.05) is 26.7 Å². The Bertz CT molecular complexity index is 905. The molecule has 1 aromatic rings. The fraction of sp³-hybridized carbons (Fsp3) is 0.783. The number of aliphatic hydroxyl groups is 1. The number of amides is 3. The van der Waals surface area contributed by atoms with Crippen LogP contribution < -0.4 is 5.32 Å². The third-order valence-electron chi connectivity index (χ3n) is 6.98. The van der Waals surface area contributed by atoms with E-state index in [0.29, 0.717) is 31.8 Å². The minimum atomic E-state index is -0.746.